The molecule has 150 valence electrons. The average molecular weight is 413 g/mol. The van der Waals surface area contributed by atoms with Crippen LogP contribution in [-0.4, -0.2) is 42.4 Å². The molecule has 1 aromatic heterocycles. The summed E-state index contributed by atoms with van der Waals surface area (Å²) in [5.41, 5.74) is 2.21. The molecule has 0 aliphatic carbocycles. The van der Waals surface area contributed by atoms with Gasteiger partial charge in [0.15, 0.2) is 5.71 Å². The summed E-state index contributed by atoms with van der Waals surface area (Å²) in [5.74, 6) is 0.508. The molecule has 0 fully saturated rings. The maximum atomic E-state index is 12.0. The Kier molecular flexibility index (Phi) is 6.85. The van der Waals surface area contributed by atoms with E-state index in [1.165, 1.54) is 26.0 Å². The molecule has 0 atom stereocenters. The van der Waals surface area contributed by atoms with Gasteiger partial charge in [0.05, 0.1) is 7.11 Å². The van der Waals surface area contributed by atoms with Crippen molar-refractivity contribution in [2.45, 2.75) is 11.8 Å². The monoisotopic (exact) mass is 413 g/mol. The van der Waals surface area contributed by atoms with Crippen molar-refractivity contribution >= 4 is 23.4 Å². The SMILES string of the molecule is CO/N=C(\C(=O)OC)c1ccccc1COc1ccc(-c2nnc(SC)o2)cc1. The largest absolute Gasteiger partial charge is 0.489 e. The molecule has 29 heavy (non-hydrogen) atoms. The molecule has 1 heterocycles. The number of nitrogens with zero attached hydrogens (tertiary/aromatic N) is 3. The van der Waals surface area contributed by atoms with Crippen molar-refractivity contribution in [3.05, 3.63) is 59.7 Å². The highest BCUT2D eigenvalue weighted by Crippen LogP contribution is 2.24. The quantitative estimate of drug-likeness (QED) is 0.239. The molecule has 0 spiro atoms. The van der Waals surface area contributed by atoms with E-state index in [4.69, 9.17) is 18.7 Å². The molecule has 0 aliphatic heterocycles. The van der Waals surface area contributed by atoms with Crippen molar-refractivity contribution in [2.24, 2.45) is 5.16 Å². The molecule has 0 radical (unpaired) electrons. The maximum Gasteiger partial charge on any atom is 0.360 e. The third kappa shape index (κ3) is 4.94. The van der Waals surface area contributed by atoms with E-state index < -0.39 is 5.97 Å². The van der Waals surface area contributed by atoms with Crippen LogP contribution in [0.25, 0.3) is 11.5 Å². The number of methoxy groups -OCH3 is 1. The van der Waals surface area contributed by atoms with Crippen molar-refractivity contribution in [3.8, 4) is 17.2 Å². The van der Waals surface area contributed by atoms with E-state index in [0.29, 0.717) is 22.4 Å². The Bertz CT molecular complexity index is 1000. The van der Waals surface area contributed by atoms with Gasteiger partial charge in [-0.2, -0.15) is 0 Å². The van der Waals surface area contributed by atoms with E-state index in [-0.39, 0.29) is 12.3 Å². The average Bonchev–Trinajstić information content (AvgIpc) is 3.25. The first-order valence-corrected chi connectivity index (χ1v) is 9.77. The van der Waals surface area contributed by atoms with E-state index in [0.717, 1.165) is 11.1 Å². The van der Waals surface area contributed by atoms with Gasteiger partial charge in [-0.25, -0.2) is 4.79 Å². The Morgan fingerprint density at radius 3 is 2.52 bits per heavy atom. The van der Waals surface area contributed by atoms with Crippen molar-refractivity contribution in [2.75, 3.05) is 20.5 Å². The summed E-state index contributed by atoms with van der Waals surface area (Å²) in [6, 6.07) is 14.6. The molecule has 3 rings (SSSR count). The molecule has 0 saturated heterocycles. The van der Waals surface area contributed by atoms with E-state index in [1.54, 1.807) is 12.1 Å². The highest BCUT2D eigenvalue weighted by atomic mass is 32.2. The number of carbonyl (C=O) groups is 1. The van der Waals surface area contributed by atoms with Crippen LogP contribution < -0.4 is 4.74 Å². The van der Waals surface area contributed by atoms with Crippen LogP contribution in [-0.2, 0) is 21.0 Å². The van der Waals surface area contributed by atoms with E-state index in [1.807, 2.05) is 42.7 Å². The number of carbonyl (C=O) groups excluding carboxylic acids is 1. The fourth-order valence-corrected chi connectivity index (χ4v) is 2.81. The van der Waals surface area contributed by atoms with Gasteiger partial charge in [-0.3, -0.25) is 0 Å². The zero-order valence-corrected chi connectivity index (χ0v) is 16.9. The fraction of sp³-hybridized carbons (Fsp3) is 0.200. The molecule has 3 aromatic rings. The summed E-state index contributed by atoms with van der Waals surface area (Å²) in [6.45, 7) is 0.229. The number of rotatable bonds is 8. The van der Waals surface area contributed by atoms with E-state index >= 15 is 0 Å². The first kappa shape index (κ1) is 20.4. The molecular formula is C20H19N3O5S. The number of thioether (sulfide) groups is 1. The second kappa shape index (κ2) is 9.74. The van der Waals surface area contributed by atoms with Crippen LogP contribution in [0.4, 0.5) is 0 Å². The van der Waals surface area contributed by atoms with Gasteiger partial charge in [0.2, 0.25) is 5.89 Å². The standard InChI is InChI=1S/C20H19N3O5S/c1-25-19(24)17(23-26-2)16-7-5-4-6-14(16)12-27-15-10-8-13(9-11-15)18-21-22-20(28-18)29-3/h4-11H,12H2,1-3H3/b23-17-. The molecule has 8 nitrogen and oxygen atoms in total. The summed E-state index contributed by atoms with van der Waals surface area (Å²) in [6.07, 6.45) is 1.87. The number of hydrogen-bond donors (Lipinski definition) is 0. The van der Waals surface area contributed by atoms with Crippen LogP contribution in [0.15, 0.2) is 63.3 Å². The summed E-state index contributed by atoms with van der Waals surface area (Å²) in [7, 11) is 2.66. The summed E-state index contributed by atoms with van der Waals surface area (Å²) in [4.78, 5) is 16.8. The Hall–Kier alpha value is -3.33. The topological polar surface area (TPSA) is 96.0 Å². The zero-order chi connectivity index (χ0) is 20.6. The lowest BCUT2D eigenvalue weighted by molar-refractivity contribution is -0.132. The number of benzene rings is 2. The minimum absolute atomic E-state index is 0.0746. The second-order valence-electron chi connectivity index (χ2n) is 5.66. The Balaban J connectivity index is 1.75. The van der Waals surface area contributed by atoms with Gasteiger partial charge in [0.1, 0.15) is 19.5 Å². The fourth-order valence-electron chi connectivity index (χ4n) is 2.53. The molecule has 2 aromatic carbocycles. The number of aromatic nitrogens is 2. The molecule has 0 amide bonds. The predicted octanol–water partition coefficient (Wildman–Crippen LogP) is 3.56. The molecular weight excluding hydrogens is 394 g/mol. The third-order valence-electron chi connectivity index (χ3n) is 3.91. The first-order chi connectivity index (χ1) is 14.2. The van der Waals surface area contributed by atoms with Crippen LogP contribution in [0.1, 0.15) is 11.1 Å². The van der Waals surface area contributed by atoms with E-state index in [2.05, 4.69) is 15.4 Å². The molecule has 0 saturated carbocycles. The summed E-state index contributed by atoms with van der Waals surface area (Å²) < 4.78 is 16.2. The van der Waals surface area contributed by atoms with Gasteiger partial charge in [-0.1, -0.05) is 41.2 Å². The lowest BCUT2D eigenvalue weighted by Gasteiger charge is -2.12. The van der Waals surface area contributed by atoms with Crippen molar-refractivity contribution < 1.29 is 23.5 Å². The highest BCUT2D eigenvalue weighted by Gasteiger charge is 2.19. The molecule has 0 N–H and O–H groups in total. The van der Waals surface area contributed by atoms with Gasteiger partial charge < -0.3 is 18.7 Å². The van der Waals surface area contributed by atoms with Crippen LogP contribution in [0, 0.1) is 0 Å². The van der Waals surface area contributed by atoms with E-state index in [9.17, 15) is 4.79 Å². The highest BCUT2D eigenvalue weighted by molar-refractivity contribution is 7.98. The predicted molar refractivity (Wildman–Crippen MR) is 108 cm³/mol. The van der Waals surface area contributed by atoms with Crippen molar-refractivity contribution in [1.82, 2.24) is 10.2 Å². The van der Waals surface area contributed by atoms with Gasteiger partial charge in [0.25, 0.3) is 5.22 Å². The molecule has 0 bridgehead atoms. The first-order valence-electron chi connectivity index (χ1n) is 8.54. The minimum Gasteiger partial charge on any atom is -0.489 e. The summed E-state index contributed by atoms with van der Waals surface area (Å²) in [5, 5.41) is 12.2. The van der Waals surface area contributed by atoms with Gasteiger partial charge in [-0.15, -0.1) is 10.2 Å². The van der Waals surface area contributed by atoms with Crippen LogP contribution >= 0.6 is 11.8 Å². The second-order valence-corrected chi connectivity index (χ2v) is 6.42. The third-order valence-corrected chi connectivity index (χ3v) is 4.42. The van der Waals surface area contributed by atoms with Crippen molar-refractivity contribution in [3.63, 3.8) is 0 Å². The van der Waals surface area contributed by atoms with Crippen LogP contribution in [0.3, 0.4) is 0 Å². The maximum absolute atomic E-state index is 12.0. The summed E-state index contributed by atoms with van der Waals surface area (Å²) >= 11 is 1.39. The van der Waals surface area contributed by atoms with Gasteiger partial charge >= 0.3 is 5.97 Å². The smallest absolute Gasteiger partial charge is 0.360 e. The lowest BCUT2D eigenvalue weighted by atomic mass is 10.0. The molecule has 9 heteroatoms. The normalized spacial score (nSPS) is 11.2. The minimum atomic E-state index is -0.590. The Morgan fingerprint density at radius 2 is 1.86 bits per heavy atom. The number of oxime groups is 1. The van der Waals surface area contributed by atoms with Crippen LogP contribution in [0.2, 0.25) is 0 Å². The number of hydrogen-bond acceptors (Lipinski definition) is 9. The van der Waals surface area contributed by atoms with Crippen molar-refractivity contribution in [1.29, 1.82) is 0 Å². The Morgan fingerprint density at radius 1 is 1.10 bits per heavy atom. The lowest BCUT2D eigenvalue weighted by Crippen LogP contribution is -2.19. The zero-order valence-electron chi connectivity index (χ0n) is 16.1. The number of esters is 1. The molecule has 0 unspecified atom stereocenters. The molecule has 0 aliphatic rings. The number of ether oxygens (including phenoxy) is 2. The Labute approximate surface area is 171 Å². The van der Waals surface area contributed by atoms with Crippen LogP contribution in [0.5, 0.6) is 5.75 Å². The van der Waals surface area contributed by atoms with Gasteiger partial charge in [-0.05, 0) is 36.1 Å². The van der Waals surface area contributed by atoms with Gasteiger partial charge in [0, 0.05) is 11.1 Å².